The molecule has 0 aliphatic heterocycles. The first kappa shape index (κ1) is 21.6. The number of aryl methyl sites for hydroxylation is 2. The van der Waals surface area contributed by atoms with Crippen LogP contribution in [0.1, 0.15) is 23.6 Å². The molecule has 1 heterocycles. The number of nitro groups is 1. The summed E-state index contributed by atoms with van der Waals surface area (Å²) in [5, 5.41) is 10.7. The molecule has 0 unspecified atom stereocenters. The highest BCUT2D eigenvalue weighted by Crippen LogP contribution is 2.23. The van der Waals surface area contributed by atoms with Crippen molar-refractivity contribution in [2.75, 3.05) is 13.2 Å². The van der Waals surface area contributed by atoms with Crippen LogP contribution in [0.4, 0.5) is 5.69 Å². The minimum absolute atomic E-state index is 0.00874. The molecule has 0 radical (unpaired) electrons. The van der Waals surface area contributed by atoms with Crippen molar-refractivity contribution >= 4 is 39.2 Å². The van der Waals surface area contributed by atoms with Crippen molar-refractivity contribution in [2.24, 2.45) is 4.99 Å². The van der Waals surface area contributed by atoms with Crippen molar-refractivity contribution in [1.29, 1.82) is 0 Å². The molecular formula is C22H23N3O4S. The first-order valence-electron chi connectivity index (χ1n) is 9.58. The number of fused-ring (bicyclic) bond motifs is 1. The number of ether oxygens (including phenoxy) is 1. The average Bonchev–Trinajstić information content (AvgIpc) is 3.04. The van der Waals surface area contributed by atoms with E-state index >= 15 is 0 Å². The molecule has 1 amide bonds. The fourth-order valence-electron chi connectivity index (χ4n) is 3.19. The Hall–Kier alpha value is -3.10. The highest BCUT2D eigenvalue weighted by molar-refractivity contribution is 7.16. The van der Waals surface area contributed by atoms with E-state index in [0.29, 0.717) is 30.1 Å². The van der Waals surface area contributed by atoms with Crippen molar-refractivity contribution in [3.8, 4) is 0 Å². The first-order chi connectivity index (χ1) is 14.4. The summed E-state index contributed by atoms with van der Waals surface area (Å²) in [6, 6.07) is 10.2. The van der Waals surface area contributed by atoms with Crippen LogP contribution >= 0.6 is 11.3 Å². The summed E-state index contributed by atoms with van der Waals surface area (Å²) in [6.45, 7) is 7.82. The Morgan fingerprint density at radius 3 is 2.67 bits per heavy atom. The van der Waals surface area contributed by atoms with E-state index in [-0.39, 0.29) is 11.6 Å². The molecule has 156 valence electrons. The molecule has 2 aromatic carbocycles. The smallest absolute Gasteiger partial charge is 0.272 e. The minimum Gasteiger partial charge on any atom is -0.380 e. The number of nitrogens with zero attached hydrogens (tertiary/aromatic N) is 3. The van der Waals surface area contributed by atoms with Gasteiger partial charge in [-0.05, 0) is 61.7 Å². The fraction of sp³-hybridized carbons (Fsp3) is 0.273. The molecule has 1 aromatic heterocycles. The maximum Gasteiger partial charge on any atom is 0.272 e. The quantitative estimate of drug-likeness (QED) is 0.243. The number of aromatic nitrogens is 1. The zero-order valence-corrected chi connectivity index (χ0v) is 17.9. The van der Waals surface area contributed by atoms with Gasteiger partial charge in [0.05, 0.1) is 21.7 Å². The Bertz CT molecular complexity index is 1170. The second-order valence-corrected chi connectivity index (χ2v) is 7.80. The summed E-state index contributed by atoms with van der Waals surface area (Å²) in [5.74, 6) is -0.389. The largest absolute Gasteiger partial charge is 0.380 e. The van der Waals surface area contributed by atoms with Gasteiger partial charge in [-0.2, -0.15) is 4.99 Å². The number of carbonyl (C=O) groups is 1. The number of carbonyl (C=O) groups excluding carboxylic acids is 1. The normalized spacial score (nSPS) is 12.2. The van der Waals surface area contributed by atoms with Crippen LogP contribution in [0.2, 0.25) is 0 Å². The number of rotatable bonds is 7. The summed E-state index contributed by atoms with van der Waals surface area (Å²) >= 11 is 1.48. The average molecular weight is 426 g/mol. The molecule has 0 fully saturated rings. The molecule has 0 aliphatic rings. The van der Waals surface area contributed by atoms with E-state index in [4.69, 9.17) is 4.74 Å². The number of benzene rings is 2. The zero-order chi connectivity index (χ0) is 21.7. The van der Waals surface area contributed by atoms with Crippen LogP contribution in [-0.4, -0.2) is 28.6 Å². The lowest BCUT2D eigenvalue weighted by atomic mass is 10.1. The summed E-state index contributed by atoms with van der Waals surface area (Å²) in [4.78, 5) is 27.7. The van der Waals surface area contributed by atoms with E-state index < -0.39 is 4.92 Å². The molecule has 0 saturated carbocycles. The third kappa shape index (κ3) is 5.08. The lowest BCUT2D eigenvalue weighted by Gasteiger charge is -2.08. The van der Waals surface area contributed by atoms with E-state index in [1.54, 1.807) is 18.2 Å². The van der Waals surface area contributed by atoms with Gasteiger partial charge in [-0.25, -0.2) is 0 Å². The Kier molecular flexibility index (Phi) is 6.91. The number of thiazole rings is 1. The highest BCUT2D eigenvalue weighted by Gasteiger charge is 2.10. The summed E-state index contributed by atoms with van der Waals surface area (Å²) in [6.07, 6.45) is 2.97. The molecule has 0 atom stereocenters. The van der Waals surface area contributed by atoms with Crippen molar-refractivity contribution in [2.45, 2.75) is 27.3 Å². The number of nitro benzene ring substituents is 1. The summed E-state index contributed by atoms with van der Waals surface area (Å²) in [7, 11) is 0. The molecular weight excluding hydrogens is 402 g/mol. The van der Waals surface area contributed by atoms with E-state index in [1.807, 2.05) is 18.4 Å². The number of hydrogen-bond donors (Lipinski definition) is 0. The number of non-ortho nitro benzene ring substituents is 1. The van der Waals surface area contributed by atoms with Crippen LogP contribution in [0.25, 0.3) is 16.3 Å². The topological polar surface area (TPSA) is 86.7 Å². The number of amides is 1. The molecule has 0 bridgehead atoms. The van der Waals surface area contributed by atoms with Gasteiger partial charge in [-0.1, -0.05) is 17.4 Å². The lowest BCUT2D eigenvalue weighted by Crippen LogP contribution is -2.19. The van der Waals surface area contributed by atoms with Gasteiger partial charge >= 0.3 is 0 Å². The van der Waals surface area contributed by atoms with Gasteiger partial charge in [0, 0.05) is 31.4 Å². The standard InChI is InChI=1S/C22H23N3O4S/c1-4-29-12-11-24-21-16(3)13-15(2)14-19(21)30-22(24)23-20(26)10-7-17-5-8-18(9-6-17)25(27)28/h5-10,13-14H,4,11-12H2,1-3H3. The van der Waals surface area contributed by atoms with Gasteiger partial charge in [0.2, 0.25) is 0 Å². The molecule has 7 nitrogen and oxygen atoms in total. The van der Waals surface area contributed by atoms with Crippen LogP contribution in [0.3, 0.4) is 0 Å². The maximum atomic E-state index is 12.5. The van der Waals surface area contributed by atoms with Crippen molar-refractivity contribution < 1.29 is 14.5 Å². The Balaban J connectivity index is 1.93. The predicted octanol–water partition coefficient (Wildman–Crippen LogP) is 4.41. The van der Waals surface area contributed by atoms with E-state index in [9.17, 15) is 14.9 Å². The van der Waals surface area contributed by atoms with Crippen LogP contribution in [-0.2, 0) is 16.1 Å². The van der Waals surface area contributed by atoms with Crippen molar-refractivity contribution in [3.63, 3.8) is 0 Å². The second kappa shape index (κ2) is 9.60. The van der Waals surface area contributed by atoms with E-state index in [0.717, 1.165) is 21.3 Å². The third-order valence-electron chi connectivity index (χ3n) is 4.50. The predicted molar refractivity (Wildman–Crippen MR) is 118 cm³/mol. The Morgan fingerprint density at radius 1 is 1.27 bits per heavy atom. The molecule has 8 heteroatoms. The molecule has 0 saturated heterocycles. The monoisotopic (exact) mass is 425 g/mol. The zero-order valence-electron chi connectivity index (χ0n) is 17.1. The Morgan fingerprint density at radius 2 is 2.00 bits per heavy atom. The van der Waals surface area contributed by atoms with Crippen LogP contribution in [0.5, 0.6) is 0 Å². The molecule has 30 heavy (non-hydrogen) atoms. The van der Waals surface area contributed by atoms with E-state index in [1.165, 1.54) is 29.5 Å². The second-order valence-electron chi connectivity index (χ2n) is 6.79. The van der Waals surface area contributed by atoms with Crippen molar-refractivity contribution in [3.05, 3.63) is 74.1 Å². The van der Waals surface area contributed by atoms with Gasteiger partial charge in [0.25, 0.3) is 11.6 Å². The molecule has 0 aliphatic carbocycles. The van der Waals surface area contributed by atoms with Gasteiger partial charge in [-0.15, -0.1) is 0 Å². The lowest BCUT2D eigenvalue weighted by molar-refractivity contribution is -0.384. The van der Waals surface area contributed by atoms with E-state index in [2.05, 4.69) is 24.0 Å². The highest BCUT2D eigenvalue weighted by atomic mass is 32.1. The summed E-state index contributed by atoms with van der Waals surface area (Å²) < 4.78 is 8.61. The molecule has 0 spiro atoms. The van der Waals surface area contributed by atoms with Crippen LogP contribution in [0, 0.1) is 24.0 Å². The molecule has 0 N–H and O–H groups in total. The first-order valence-corrected chi connectivity index (χ1v) is 10.4. The van der Waals surface area contributed by atoms with Gasteiger partial charge in [0.15, 0.2) is 4.80 Å². The Labute approximate surface area is 178 Å². The summed E-state index contributed by atoms with van der Waals surface area (Å²) in [5.41, 5.74) is 4.06. The minimum atomic E-state index is -0.458. The maximum absolute atomic E-state index is 12.5. The van der Waals surface area contributed by atoms with Gasteiger partial charge < -0.3 is 9.30 Å². The molecule has 3 rings (SSSR count). The van der Waals surface area contributed by atoms with Gasteiger partial charge in [0.1, 0.15) is 0 Å². The SMILES string of the molecule is CCOCCn1c(=NC(=O)C=Cc2ccc([N+](=O)[O-])cc2)sc2cc(C)cc(C)c21. The fourth-order valence-corrected chi connectivity index (χ4v) is 4.43. The third-order valence-corrected chi connectivity index (χ3v) is 5.53. The number of hydrogen-bond acceptors (Lipinski definition) is 5. The molecule has 3 aromatic rings. The van der Waals surface area contributed by atoms with Crippen molar-refractivity contribution in [1.82, 2.24) is 4.57 Å². The van der Waals surface area contributed by atoms with Gasteiger partial charge in [-0.3, -0.25) is 14.9 Å². The van der Waals surface area contributed by atoms with Crippen LogP contribution < -0.4 is 4.80 Å². The van der Waals surface area contributed by atoms with Crippen LogP contribution in [0.15, 0.2) is 47.5 Å².